The molecule has 0 aliphatic rings. The fourth-order valence-electron chi connectivity index (χ4n) is 1.24. The molecule has 0 unspecified atom stereocenters. The largest absolute Gasteiger partial charge is 0.396 e. The Morgan fingerprint density at radius 2 is 2.00 bits per heavy atom. The van der Waals surface area contributed by atoms with Crippen LogP contribution in [0.5, 0.6) is 0 Å². The number of benzene rings is 1. The van der Waals surface area contributed by atoms with Crippen LogP contribution < -0.4 is 0 Å². The zero-order valence-corrected chi connectivity index (χ0v) is 9.37. The molecule has 0 saturated carbocycles. The second kappa shape index (κ2) is 5.09. The third-order valence-electron chi connectivity index (χ3n) is 1.91. The number of hydrogen-bond acceptors (Lipinski definition) is 3. The van der Waals surface area contributed by atoms with Crippen LogP contribution in [0.3, 0.4) is 0 Å². The lowest BCUT2D eigenvalue weighted by Gasteiger charge is -2.02. The molecule has 82 valence electrons. The van der Waals surface area contributed by atoms with Crippen LogP contribution in [0, 0.1) is 0 Å². The van der Waals surface area contributed by atoms with Crippen LogP contribution in [0.1, 0.15) is 12.0 Å². The topological polar surface area (TPSA) is 54.4 Å². The van der Waals surface area contributed by atoms with Gasteiger partial charge < -0.3 is 5.11 Å². The van der Waals surface area contributed by atoms with Crippen LogP contribution in [0.15, 0.2) is 35.2 Å². The Morgan fingerprint density at radius 3 is 2.60 bits per heavy atom. The third kappa shape index (κ3) is 3.49. The summed E-state index contributed by atoms with van der Waals surface area (Å²) in [4.78, 5) is 0.319. The van der Waals surface area contributed by atoms with Crippen LogP contribution in [0.2, 0.25) is 0 Å². The van der Waals surface area contributed by atoms with E-state index in [1.54, 1.807) is 36.4 Å². The maximum atomic E-state index is 11.4. The summed E-state index contributed by atoms with van der Waals surface area (Å²) in [6.07, 6.45) is 5.18. The monoisotopic (exact) mass is 226 g/mol. The van der Waals surface area contributed by atoms with Gasteiger partial charge in [-0.05, 0) is 18.1 Å². The Kier molecular flexibility index (Phi) is 4.05. The number of aliphatic hydroxyl groups is 1. The molecule has 0 aliphatic heterocycles. The smallest absolute Gasteiger partial charge is 0.176 e. The molecule has 0 aromatic heterocycles. The molecule has 0 aliphatic carbocycles. The van der Waals surface area contributed by atoms with E-state index in [0.29, 0.717) is 16.9 Å². The predicted octanol–water partition coefficient (Wildman–Crippen LogP) is 1.49. The Labute approximate surface area is 90.0 Å². The second-order valence-corrected chi connectivity index (χ2v) is 5.21. The Hall–Kier alpha value is -1.13. The molecular weight excluding hydrogens is 212 g/mol. The van der Waals surface area contributed by atoms with Gasteiger partial charge in [0.25, 0.3) is 0 Å². The standard InChI is InChI=1S/C11H14O3S/c1-15(13,14)11-8-3-2-6-10(11)7-4-5-9-12/h2-4,6-8,12H,5,9H2,1H3/b7-4+. The average molecular weight is 226 g/mol. The SMILES string of the molecule is CS(=O)(=O)c1ccccc1/C=C/CCO. The summed E-state index contributed by atoms with van der Waals surface area (Å²) >= 11 is 0. The molecule has 0 saturated heterocycles. The summed E-state index contributed by atoms with van der Waals surface area (Å²) in [6, 6.07) is 6.80. The first-order valence-corrected chi connectivity index (χ1v) is 6.51. The van der Waals surface area contributed by atoms with Crippen molar-refractivity contribution in [1.29, 1.82) is 0 Å². The predicted molar refractivity (Wildman–Crippen MR) is 60.3 cm³/mol. The van der Waals surface area contributed by atoms with Gasteiger partial charge >= 0.3 is 0 Å². The highest BCUT2D eigenvalue weighted by Gasteiger charge is 2.09. The normalized spacial score (nSPS) is 12.1. The minimum atomic E-state index is -3.18. The van der Waals surface area contributed by atoms with E-state index in [1.165, 1.54) is 6.26 Å². The van der Waals surface area contributed by atoms with Gasteiger partial charge in [0, 0.05) is 12.9 Å². The molecule has 1 aromatic carbocycles. The molecule has 0 fully saturated rings. The molecule has 1 rings (SSSR count). The Morgan fingerprint density at radius 1 is 1.33 bits per heavy atom. The van der Waals surface area contributed by atoms with Crippen molar-refractivity contribution in [1.82, 2.24) is 0 Å². The number of sulfone groups is 1. The first kappa shape index (κ1) is 11.9. The van der Waals surface area contributed by atoms with Gasteiger partial charge in [-0.25, -0.2) is 8.42 Å². The molecule has 0 amide bonds. The average Bonchev–Trinajstić information content (AvgIpc) is 2.17. The van der Waals surface area contributed by atoms with E-state index in [2.05, 4.69) is 0 Å². The van der Waals surface area contributed by atoms with Crippen LogP contribution in [0.4, 0.5) is 0 Å². The molecule has 0 bridgehead atoms. The number of aliphatic hydroxyl groups excluding tert-OH is 1. The van der Waals surface area contributed by atoms with Gasteiger partial charge in [-0.2, -0.15) is 0 Å². The highest BCUT2D eigenvalue weighted by Crippen LogP contribution is 2.16. The highest BCUT2D eigenvalue weighted by atomic mass is 32.2. The van der Waals surface area contributed by atoms with Crippen molar-refractivity contribution in [2.24, 2.45) is 0 Å². The van der Waals surface area contributed by atoms with E-state index in [4.69, 9.17) is 5.11 Å². The van der Waals surface area contributed by atoms with Crippen molar-refractivity contribution in [2.45, 2.75) is 11.3 Å². The van der Waals surface area contributed by atoms with Gasteiger partial charge in [0.05, 0.1) is 4.90 Å². The first-order valence-electron chi connectivity index (χ1n) is 4.62. The van der Waals surface area contributed by atoms with Crippen LogP contribution >= 0.6 is 0 Å². The molecule has 3 nitrogen and oxygen atoms in total. The van der Waals surface area contributed by atoms with Gasteiger partial charge in [0.1, 0.15) is 0 Å². The van der Waals surface area contributed by atoms with E-state index in [9.17, 15) is 8.42 Å². The van der Waals surface area contributed by atoms with Crippen molar-refractivity contribution in [3.8, 4) is 0 Å². The van der Waals surface area contributed by atoms with Crippen LogP contribution in [-0.4, -0.2) is 26.4 Å². The minimum Gasteiger partial charge on any atom is -0.396 e. The lowest BCUT2D eigenvalue weighted by Crippen LogP contribution is -1.99. The van der Waals surface area contributed by atoms with E-state index in [1.807, 2.05) is 0 Å². The Balaban J connectivity index is 3.08. The quantitative estimate of drug-likeness (QED) is 0.846. The van der Waals surface area contributed by atoms with Gasteiger partial charge in [-0.3, -0.25) is 0 Å². The summed E-state index contributed by atoms with van der Waals surface area (Å²) in [6.45, 7) is 0.0670. The van der Waals surface area contributed by atoms with Crippen molar-refractivity contribution < 1.29 is 13.5 Å². The van der Waals surface area contributed by atoms with E-state index in [-0.39, 0.29) is 6.61 Å². The second-order valence-electron chi connectivity index (χ2n) is 3.22. The number of hydrogen-bond donors (Lipinski definition) is 1. The van der Waals surface area contributed by atoms with Crippen molar-refractivity contribution in [3.63, 3.8) is 0 Å². The Bertz CT molecular complexity index is 447. The van der Waals surface area contributed by atoms with Crippen molar-refractivity contribution in [3.05, 3.63) is 35.9 Å². The molecule has 0 radical (unpaired) electrons. The molecule has 1 N–H and O–H groups in total. The maximum absolute atomic E-state index is 11.4. The van der Waals surface area contributed by atoms with Gasteiger partial charge in [-0.1, -0.05) is 30.4 Å². The fraction of sp³-hybridized carbons (Fsp3) is 0.273. The van der Waals surface area contributed by atoms with E-state index < -0.39 is 9.84 Å². The van der Waals surface area contributed by atoms with Gasteiger partial charge in [0.15, 0.2) is 9.84 Å². The molecule has 0 heterocycles. The van der Waals surface area contributed by atoms with Gasteiger partial charge in [0.2, 0.25) is 0 Å². The summed E-state index contributed by atoms with van der Waals surface area (Å²) in [7, 11) is -3.18. The van der Waals surface area contributed by atoms with Gasteiger partial charge in [-0.15, -0.1) is 0 Å². The highest BCUT2D eigenvalue weighted by molar-refractivity contribution is 7.90. The van der Waals surface area contributed by atoms with Crippen LogP contribution in [0.25, 0.3) is 6.08 Å². The maximum Gasteiger partial charge on any atom is 0.176 e. The molecular formula is C11H14O3S. The molecule has 0 atom stereocenters. The lowest BCUT2D eigenvalue weighted by molar-refractivity contribution is 0.303. The first-order chi connectivity index (χ1) is 7.05. The molecule has 4 heteroatoms. The fourth-order valence-corrected chi connectivity index (χ4v) is 2.13. The van der Waals surface area contributed by atoms with Crippen molar-refractivity contribution >= 4 is 15.9 Å². The summed E-state index contributed by atoms with van der Waals surface area (Å²) < 4.78 is 22.8. The van der Waals surface area contributed by atoms with Crippen molar-refractivity contribution in [2.75, 3.05) is 12.9 Å². The summed E-state index contributed by atoms with van der Waals surface area (Å²) in [5.74, 6) is 0. The third-order valence-corrected chi connectivity index (χ3v) is 3.08. The van der Waals surface area contributed by atoms with E-state index >= 15 is 0 Å². The molecule has 1 aromatic rings. The lowest BCUT2D eigenvalue weighted by atomic mass is 10.2. The zero-order chi connectivity index (χ0) is 11.3. The molecule has 15 heavy (non-hydrogen) atoms. The summed E-state index contributed by atoms with van der Waals surface area (Å²) in [5.41, 5.74) is 0.661. The minimum absolute atomic E-state index is 0.0670. The van der Waals surface area contributed by atoms with Crippen LogP contribution in [-0.2, 0) is 9.84 Å². The molecule has 0 spiro atoms. The van der Waals surface area contributed by atoms with E-state index in [0.717, 1.165) is 0 Å². The summed E-state index contributed by atoms with van der Waals surface area (Å²) in [5, 5.41) is 8.60. The zero-order valence-electron chi connectivity index (χ0n) is 8.55. The number of rotatable bonds is 4.